The van der Waals surface area contributed by atoms with Crippen molar-refractivity contribution in [2.75, 3.05) is 6.61 Å². The summed E-state index contributed by atoms with van der Waals surface area (Å²) in [6, 6.07) is 0. The first kappa shape index (κ1) is 14.9. The molecule has 21 heavy (non-hydrogen) atoms. The second-order valence-electron chi connectivity index (χ2n) is 5.01. The number of aliphatic hydroxyl groups is 3. The van der Waals surface area contributed by atoms with Gasteiger partial charge in [-0.15, -0.1) is 10.2 Å². The average Bonchev–Trinajstić information content (AvgIpc) is 2.97. The molecule has 3 N–H and O–H groups in total. The van der Waals surface area contributed by atoms with Crippen molar-refractivity contribution in [3.8, 4) is 0 Å². The topological polar surface area (TPSA) is 114 Å². The Morgan fingerprint density at radius 1 is 1.38 bits per heavy atom. The molecule has 0 amide bonds. The Morgan fingerprint density at radius 3 is 2.67 bits per heavy atom. The molecule has 114 valence electrons. The molecule has 0 aliphatic carbocycles. The number of halogens is 2. The van der Waals surface area contributed by atoms with E-state index >= 15 is 0 Å². The molecule has 1 fully saturated rings. The van der Waals surface area contributed by atoms with Gasteiger partial charge in [-0.3, -0.25) is 4.57 Å². The van der Waals surface area contributed by atoms with Crippen LogP contribution in [0.1, 0.15) is 13.2 Å². The molecule has 1 aliphatic heterocycles. The first-order valence-electron chi connectivity index (χ1n) is 6.09. The summed E-state index contributed by atoms with van der Waals surface area (Å²) in [5.41, 5.74) is -1.02. The molecule has 10 heteroatoms. The summed E-state index contributed by atoms with van der Waals surface area (Å²) in [5, 5.41) is 37.1. The van der Waals surface area contributed by atoms with E-state index in [-0.39, 0.29) is 10.3 Å². The Hall–Kier alpha value is -1.03. The third kappa shape index (κ3) is 2.10. The highest BCUT2D eigenvalue weighted by molar-refractivity contribution is 6.37. The van der Waals surface area contributed by atoms with Crippen LogP contribution < -0.4 is 0 Å². The number of imidazole rings is 1. The highest BCUT2D eigenvalue weighted by atomic mass is 35.5. The minimum absolute atomic E-state index is 0.0354. The number of rotatable bonds is 2. The van der Waals surface area contributed by atoms with Gasteiger partial charge in [0.1, 0.15) is 28.8 Å². The smallest absolute Gasteiger partial charge is 0.179 e. The van der Waals surface area contributed by atoms with Crippen LogP contribution in [0, 0.1) is 0 Å². The zero-order valence-electron chi connectivity index (χ0n) is 10.8. The van der Waals surface area contributed by atoms with Gasteiger partial charge in [-0.1, -0.05) is 23.2 Å². The van der Waals surface area contributed by atoms with Gasteiger partial charge in [0.25, 0.3) is 0 Å². The molecule has 1 saturated heterocycles. The summed E-state index contributed by atoms with van der Waals surface area (Å²) in [6.45, 7) is 0.961. The highest BCUT2D eigenvalue weighted by Crippen LogP contribution is 2.40. The second-order valence-corrected chi connectivity index (χ2v) is 5.73. The van der Waals surface area contributed by atoms with Gasteiger partial charge in [0.2, 0.25) is 0 Å². The van der Waals surface area contributed by atoms with Crippen molar-refractivity contribution in [1.82, 2.24) is 19.7 Å². The number of ether oxygens (including phenoxy) is 1. The van der Waals surface area contributed by atoms with Gasteiger partial charge in [-0.25, -0.2) is 4.98 Å². The Balaban J connectivity index is 2.15. The summed E-state index contributed by atoms with van der Waals surface area (Å²) >= 11 is 11.9. The standard InChI is InChI=1S/C11H12Cl2N4O4/c1-11(20)7(19)4(2-18)21-10(11)17-3-14-5-6(17)9(13)16-15-8(5)12/h3-4,7,10,18-20H,2H2,1H3/t4-,7-,10-,11-/m1/s1. The predicted octanol–water partition coefficient (Wildman–Crippen LogP) is 0.135. The maximum absolute atomic E-state index is 10.5. The zero-order chi connectivity index (χ0) is 15.4. The van der Waals surface area contributed by atoms with Crippen molar-refractivity contribution in [2.24, 2.45) is 0 Å². The van der Waals surface area contributed by atoms with Gasteiger partial charge in [0, 0.05) is 0 Å². The Morgan fingerprint density at radius 2 is 2.05 bits per heavy atom. The fourth-order valence-electron chi connectivity index (χ4n) is 2.47. The predicted molar refractivity (Wildman–Crippen MR) is 73.0 cm³/mol. The van der Waals surface area contributed by atoms with E-state index in [2.05, 4.69) is 15.2 Å². The lowest BCUT2D eigenvalue weighted by atomic mass is 9.96. The molecule has 4 atom stereocenters. The van der Waals surface area contributed by atoms with Gasteiger partial charge in [0.05, 0.1) is 12.9 Å². The molecule has 0 aromatic carbocycles. The lowest BCUT2D eigenvalue weighted by molar-refractivity contribution is -0.0948. The van der Waals surface area contributed by atoms with E-state index in [9.17, 15) is 15.3 Å². The summed E-state index contributed by atoms with van der Waals surface area (Å²) in [7, 11) is 0. The molecule has 3 rings (SSSR count). The van der Waals surface area contributed by atoms with Crippen LogP contribution in [0.5, 0.6) is 0 Å². The molecular weight excluding hydrogens is 323 g/mol. The normalized spacial score (nSPS) is 33.0. The van der Waals surface area contributed by atoms with Gasteiger partial charge in [0.15, 0.2) is 16.5 Å². The average molecular weight is 335 g/mol. The van der Waals surface area contributed by atoms with Crippen molar-refractivity contribution in [1.29, 1.82) is 0 Å². The van der Waals surface area contributed by atoms with E-state index in [4.69, 9.17) is 27.9 Å². The number of hydrogen-bond acceptors (Lipinski definition) is 7. The fraction of sp³-hybridized carbons (Fsp3) is 0.545. The molecule has 0 spiro atoms. The zero-order valence-corrected chi connectivity index (χ0v) is 12.3. The molecule has 0 bridgehead atoms. The second kappa shape index (κ2) is 5.01. The Labute approximate surface area is 128 Å². The monoisotopic (exact) mass is 334 g/mol. The molecule has 0 radical (unpaired) electrons. The Kier molecular flexibility index (Phi) is 3.55. The van der Waals surface area contributed by atoms with Crippen molar-refractivity contribution < 1.29 is 20.1 Å². The molecule has 8 nitrogen and oxygen atoms in total. The van der Waals surface area contributed by atoms with Crippen molar-refractivity contribution in [3.63, 3.8) is 0 Å². The fourth-order valence-corrected chi connectivity index (χ4v) is 2.87. The summed E-state index contributed by atoms with van der Waals surface area (Å²) < 4.78 is 6.92. The minimum atomic E-state index is -1.65. The highest BCUT2D eigenvalue weighted by Gasteiger charge is 2.53. The van der Waals surface area contributed by atoms with E-state index in [0.29, 0.717) is 11.0 Å². The summed E-state index contributed by atoms with van der Waals surface area (Å²) in [6.07, 6.45) is -1.84. The summed E-state index contributed by atoms with van der Waals surface area (Å²) in [5.74, 6) is 0. The van der Waals surface area contributed by atoms with Crippen LogP contribution in [-0.4, -0.2) is 59.5 Å². The molecule has 2 aromatic heterocycles. The molecule has 2 aromatic rings. The summed E-state index contributed by atoms with van der Waals surface area (Å²) in [4.78, 5) is 4.07. The third-order valence-electron chi connectivity index (χ3n) is 3.60. The van der Waals surface area contributed by atoms with Crippen molar-refractivity contribution in [3.05, 3.63) is 16.6 Å². The van der Waals surface area contributed by atoms with Crippen LogP contribution in [0.3, 0.4) is 0 Å². The van der Waals surface area contributed by atoms with Gasteiger partial charge >= 0.3 is 0 Å². The number of nitrogens with zero attached hydrogens (tertiary/aromatic N) is 4. The van der Waals surface area contributed by atoms with E-state index in [1.165, 1.54) is 17.8 Å². The van der Waals surface area contributed by atoms with E-state index < -0.39 is 30.6 Å². The maximum Gasteiger partial charge on any atom is 0.179 e. The maximum atomic E-state index is 10.5. The van der Waals surface area contributed by atoms with E-state index in [1.807, 2.05) is 0 Å². The minimum Gasteiger partial charge on any atom is -0.394 e. The SMILES string of the molecule is C[C@@]1(O)[C@H](O)[C@@H](CO)O[C@H]1n1cnc2c(Cl)nnc(Cl)c21. The largest absolute Gasteiger partial charge is 0.394 e. The Bertz CT molecular complexity index is 692. The number of hydrogen-bond donors (Lipinski definition) is 3. The third-order valence-corrected chi connectivity index (χ3v) is 4.11. The van der Waals surface area contributed by atoms with E-state index in [1.54, 1.807) is 0 Å². The van der Waals surface area contributed by atoms with Gasteiger partial charge in [-0.05, 0) is 6.92 Å². The van der Waals surface area contributed by atoms with Crippen molar-refractivity contribution >= 4 is 34.2 Å². The van der Waals surface area contributed by atoms with Crippen molar-refractivity contribution in [2.45, 2.75) is 31.0 Å². The molecule has 0 saturated carbocycles. The number of aromatic nitrogens is 4. The van der Waals surface area contributed by atoms with Crippen LogP contribution >= 0.6 is 23.2 Å². The first-order valence-corrected chi connectivity index (χ1v) is 6.84. The lowest BCUT2D eigenvalue weighted by Crippen LogP contribution is -2.44. The first-order chi connectivity index (χ1) is 9.87. The number of fused-ring (bicyclic) bond motifs is 1. The van der Waals surface area contributed by atoms with Crippen LogP contribution in [0.15, 0.2) is 6.33 Å². The molecule has 0 unspecified atom stereocenters. The molecule has 3 heterocycles. The number of aliphatic hydroxyl groups excluding tert-OH is 2. The quantitative estimate of drug-likeness (QED) is 0.715. The van der Waals surface area contributed by atoms with Crippen LogP contribution in [0.25, 0.3) is 11.0 Å². The van der Waals surface area contributed by atoms with E-state index in [0.717, 1.165) is 0 Å². The van der Waals surface area contributed by atoms with Gasteiger partial charge < -0.3 is 20.1 Å². The lowest BCUT2D eigenvalue weighted by Gasteiger charge is -2.27. The molecule has 1 aliphatic rings. The molecular formula is C11H12Cl2N4O4. The van der Waals surface area contributed by atoms with Crippen LogP contribution in [-0.2, 0) is 4.74 Å². The van der Waals surface area contributed by atoms with Crippen LogP contribution in [0.4, 0.5) is 0 Å². The van der Waals surface area contributed by atoms with Crippen LogP contribution in [0.2, 0.25) is 10.3 Å². The van der Waals surface area contributed by atoms with Gasteiger partial charge in [-0.2, -0.15) is 0 Å².